The van der Waals surface area contributed by atoms with Gasteiger partial charge in [0, 0.05) is 0 Å². The number of hydrogen-bond acceptors (Lipinski definition) is 1. The van der Waals surface area contributed by atoms with Crippen LogP contribution in [0.1, 0.15) is 62.8 Å². The van der Waals surface area contributed by atoms with E-state index in [1.807, 2.05) is 0 Å². The van der Waals surface area contributed by atoms with Crippen LogP contribution in [0.15, 0.2) is 12.1 Å². The van der Waals surface area contributed by atoms with Crippen LogP contribution in [0, 0.1) is 23.5 Å². The van der Waals surface area contributed by atoms with E-state index in [-0.39, 0.29) is 11.7 Å². The lowest BCUT2D eigenvalue weighted by Gasteiger charge is -2.32. The fourth-order valence-electron chi connectivity index (χ4n) is 4.35. The Labute approximate surface area is 125 Å². The van der Waals surface area contributed by atoms with Gasteiger partial charge in [0.25, 0.3) is 0 Å². The molecule has 1 nitrogen and oxygen atoms in total. The van der Waals surface area contributed by atoms with Gasteiger partial charge in [-0.1, -0.05) is 31.7 Å². The van der Waals surface area contributed by atoms with Crippen molar-refractivity contribution in [2.45, 2.75) is 57.3 Å². The van der Waals surface area contributed by atoms with E-state index in [1.54, 1.807) is 12.1 Å². The summed E-state index contributed by atoms with van der Waals surface area (Å²) in [5.74, 6) is 0.323. The zero-order valence-corrected chi connectivity index (χ0v) is 12.7. The van der Waals surface area contributed by atoms with Crippen molar-refractivity contribution >= 4 is 0 Å². The average Bonchev–Trinajstić information content (AvgIpc) is 3.05. The molecular weight excluding hydrogens is 270 g/mol. The Morgan fingerprint density at radius 1 is 0.857 bits per heavy atom. The highest BCUT2D eigenvalue weighted by atomic mass is 19.2. The number of halogens is 2. The standard InChI is InChI=1S/C18H24F2O/c1-21-16-11-10-15(17(19)18(16)20)14-8-6-13(7-9-14)12-4-2-3-5-12/h10-14H,2-9H2,1H3. The second-order valence-electron chi connectivity index (χ2n) is 6.64. The minimum absolute atomic E-state index is 0.00380. The zero-order chi connectivity index (χ0) is 14.8. The monoisotopic (exact) mass is 294 g/mol. The number of methoxy groups -OCH3 is 1. The van der Waals surface area contributed by atoms with Gasteiger partial charge in [0.2, 0.25) is 5.82 Å². The van der Waals surface area contributed by atoms with Gasteiger partial charge in [-0.2, -0.15) is 4.39 Å². The van der Waals surface area contributed by atoms with E-state index >= 15 is 0 Å². The largest absolute Gasteiger partial charge is 0.494 e. The molecule has 3 heteroatoms. The lowest BCUT2D eigenvalue weighted by molar-refractivity contribution is 0.232. The van der Waals surface area contributed by atoms with Crippen molar-refractivity contribution in [3.63, 3.8) is 0 Å². The number of rotatable bonds is 3. The maximum absolute atomic E-state index is 14.2. The molecule has 1 aromatic rings. The quantitative estimate of drug-likeness (QED) is 0.721. The van der Waals surface area contributed by atoms with Crippen LogP contribution in [-0.2, 0) is 0 Å². The lowest BCUT2D eigenvalue weighted by atomic mass is 9.73. The van der Waals surface area contributed by atoms with Crippen LogP contribution in [0.25, 0.3) is 0 Å². The first kappa shape index (κ1) is 14.8. The molecule has 3 rings (SSSR count). The molecule has 0 atom stereocenters. The summed E-state index contributed by atoms with van der Waals surface area (Å²) in [6, 6.07) is 3.26. The molecule has 1 aromatic carbocycles. The Kier molecular flexibility index (Phi) is 4.46. The van der Waals surface area contributed by atoms with E-state index in [1.165, 1.54) is 45.6 Å². The van der Waals surface area contributed by atoms with E-state index in [0.29, 0.717) is 5.56 Å². The van der Waals surface area contributed by atoms with Gasteiger partial charge in [0.05, 0.1) is 7.11 Å². The SMILES string of the molecule is COc1ccc(C2CCC(C3CCCC3)CC2)c(F)c1F. The van der Waals surface area contributed by atoms with Crippen LogP contribution in [0.5, 0.6) is 5.75 Å². The topological polar surface area (TPSA) is 9.23 Å². The summed E-state index contributed by atoms with van der Waals surface area (Å²) >= 11 is 0. The molecular formula is C18H24F2O. The maximum atomic E-state index is 14.2. The molecule has 2 fully saturated rings. The normalized spacial score (nSPS) is 27.0. The summed E-state index contributed by atoms with van der Waals surface area (Å²) in [5.41, 5.74) is 0.540. The van der Waals surface area contributed by atoms with E-state index in [9.17, 15) is 8.78 Å². The molecule has 116 valence electrons. The summed E-state index contributed by atoms with van der Waals surface area (Å²) in [5, 5.41) is 0. The second-order valence-corrected chi connectivity index (χ2v) is 6.64. The summed E-state index contributed by atoms with van der Waals surface area (Å²) < 4.78 is 32.9. The third-order valence-corrected chi connectivity index (χ3v) is 5.57. The van der Waals surface area contributed by atoms with Gasteiger partial charge in [-0.05, 0) is 55.1 Å². The Balaban J connectivity index is 1.68. The van der Waals surface area contributed by atoms with Gasteiger partial charge in [-0.15, -0.1) is 0 Å². The van der Waals surface area contributed by atoms with Crippen LogP contribution in [-0.4, -0.2) is 7.11 Å². The van der Waals surface area contributed by atoms with E-state index in [0.717, 1.165) is 24.7 Å². The predicted molar refractivity (Wildman–Crippen MR) is 79.6 cm³/mol. The molecule has 2 aliphatic rings. The molecule has 0 N–H and O–H groups in total. The van der Waals surface area contributed by atoms with Gasteiger partial charge >= 0.3 is 0 Å². The van der Waals surface area contributed by atoms with Gasteiger partial charge in [0.1, 0.15) is 0 Å². The molecule has 0 bridgehead atoms. The first-order chi connectivity index (χ1) is 10.2. The van der Waals surface area contributed by atoms with Crippen molar-refractivity contribution in [2.24, 2.45) is 11.8 Å². The second kappa shape index (κ2) is 6.33. The van der Waals surface area contributed by atoms with Crippen molar-refractivity contribution in [3.8, 4) is 5.75 Å². The summed E-state index contributed by atoms with van der Waals surface area (Å²) in [6.45, 7) is 0. The van der Waals surface area contributed by atoms with Gasteiger partial charge in [-0.25, -0.2) is 4.39 Å². The summed E-state index contributed by atoms with van der Waals surface area (Å²) in [6.07, 6.45) is 9.83. The minimum atomic E-state index is -0.840. The maximum Gasteiger partial charge on any atom is 0.200 e. The Bertz CT molecular complexity index is 486. The molecule has 0 heterocycles. The van der Waals surface area contributed by atoms with Gasteiger partial charge < -0.3 is 4.74 Å². The molecule has 0 amide bonds. The van der Waals surface area contributed by atoms with Crippen LogP contribution < -0.4 is 4.74 Å². The number of hydrogen-bond donors (Lipinski definition) is 0. The fraction of sp³-hybridized carbons (Fsp3) is 0.667. The number of benzene rings is 1. The van der Waals surface area contributed by atoms with Crippen LogP contribution >= 0.6 is 0 Å². The molecule has 0 unspecified atom stereocenters. The molecule has 0 spiro atoms. The zero-order valence-electron chi connectivity index (χ0n) is 12.7. The third-order valence-electron chi connectivity index (χ3n) is 5.57. The average molecular weight is 294 g/mol. The minimum Gasteiger partial charge on any atom is -0.494 e. The fourth-order valence-corrected chi connectivity index (χ4v) is 4.35. The molecule has 0 aliphatic heterocycles. The summed E-state index contributed by atoms with van der Waals surface area (Å²) in [7, 11) is 1.37. The first-order valence-corrected chi connectivity index (χ1v) is 8.22. The van der Waals surface area contributed by atoms with Crippen molar-refractivity contribution in [1.29, 1.82) is 0 Å². The van der Waals surface area contributed by atoms with E-state index < -0.39 is 11.6 Å². The van der Waals surface area contributed by atoms with Crippen LogP contribution in [0.4, 0.5) is 8.78 Å². The van der Waals surface area contributed by atoms with Crippen LogP contribution in [0.2, 0.25) is 0 Å². The highest BCUT2D eigenvalue weighted by Gasteiger charge is 2.31. The number of ether oxygens (including phenoxy) is 1. The Hall–Kier alpha value is -1.12. The first-order valence-electron chi connectivity index (χ1n) is 8.22. The molecule has 2 saturated carbocycles. The predicted octanol–water partition coefficient (Wildman–Crippen LogP) is 5.44. The molecule has 2 aliphatic carbocycles. The smallest absolute Gasteiger partial charge is 0.200 e. The Morgan fingerprint density at radius 2 is 1.48 bits per heavy atom. The highest BCUT2D eigenvalue weighted by Crippen LogP contribution is 2.44. The van der Waals surface area contributed by atoms with Gasteiger partial charge in [0.15, 0.2) is 11.6 Å². The van der Waals surface area contributed by atoms with Crippen molar-refractivity contribution < 1.29 is 13.5 Å². The Morgan fingerprint density at radius 3 is 2.10 bits per heavy atom. The van der Waals surface area contributed by atoms with E-state index in [4.69, 9.17) is 4.74 Å². The lowest BCUT2D eigenvalue weighted by Crippen LogP contribution is -2.20. The third kappa shape index (κ3) is 2.93. The van der Waals surface area contributed by atoms with Gasteiger partial charge in [-0.3, -0.25) is 0 Å². The van der Waals surface area contributed by atoms with Crippen molar-refractivity contribution in [1.82, 2.24) is 0 Å². The molecule has 0 radical (unpaired) electrons. The van der Waals surface area contributed by atoms with Crippen LogP contribution in [0.3, 0.4) is 0 Å². The van der Waals surface area contributed by atoms with Crippen molar-refractivity contribution in [2.75, 3.05) is 7.11 Å². The van der Waals surface area contributed by atoms with E-state index in [2.05, 4.69) is 0 Å². The highest BCUT2D eigenvalue weighted by molar-refractivity contribution is 5.33. The summed E-state index contributed by atoms with van der Waals surface area (Å²) in [4.78, 5) is 0. The molecule has 0 saturated heterocycles. The van der Waals surface area contributed by atoms with Crippen molar-refractivity contribution in [3.05, 3.63) is 29.3 Å². The molecule has 21 heavy (non-hydrogen) atoms. The molecule has 0 aromatic heterocycles.